The van der Waals surface area contributed by atoms with E-state index < -0.39 is 70.9 Å². The number of carbonyl (C=O) groups excluding carboxylic acids is 3. The standard InChI is InChI=1S/C39H59NO9/c1-8-11-12-13-14-15-16-17-18-19-30(41)48-35-27-20-26(23-47-36(45)31-28(9-2)40-49-29(31)10-3)33(43)39(46)32(42)24(4)21-38(39,34(27)44)25(5)22-37(35,6)7/h20-21,25,27,32-33,35,42-43,46H,8-19,22-23H2,1-7H3/t25-,27-,32+,33-,35-,38+,39-/m1/s1. The first-order valence-corrected chi connectivity index (χ1v) is 18.6. The number of ketones is 1. The molecule has 10 nitrogen and oxygen atoms in total. The number of rotatable bonds is 16. The summed E-state index contributed by atoms with van der Waals surface area (Å²) in [5.74, 6) is -2.80. The predicted octanol–water partition coefficient (Wildman–Crippen LogP) is 6.38. The predicted molar refractivity (Wildman–Crippen MR) is 185 cm³/mol. The van der Waals surface area contributed by atoms with Gasteiger partial charge in [-0.05, 0) is 43.3 Å². The van der Waals surface area contributed by atoms with E-state index in [0.717, 1.165) is 19.3 Å². The van der Waals surface area contributed by atoms with Crippen LogP contribution in [-0.2, 0) is 31.9 Å². The van der Waals surface area contributed by atoms with E-state index in [1.807, 2.05) is 34.6 Å². The van der Waals surface area contributed by atoms with Gasteiger partial charge in [-0.3, -0.25) is 9.59 Å². The van der Waals surface area contributed by atoms with E-state index in [0.29, 0.717) is 42.7 Å². The van der Waals surface area contributed by atoms with Gasteiger partial charge in [-0.25, -0.2) is 4.79 Å². The van der Waals surface area contributed by atoms with Crippen molar-refractivity contribution in [1.82, 2.24) is 5.16 Å². The number of fused-ring (bicyclic) bond motifs is 1. The Labute approximate surface area is 291 Å². The summed E-state index contributed by atoms with van der Waals surface area (Å²) < 4.78 is 17.3. The SMILES string of the molecule is CCCCCCCCCCCC(=O)O[C@@H]1[C@@H]2C=C(COC(=O)c3c(CC)noc3CC)[C@@H](O)[C@]3(O)[C@@H](O)C(C)=C[C@@]3(C2=O)[C@H](C)CC1(C)C. The van der Waals surface area contributed by atoms with Crippen LogP contribution in [0.1, 0.15) is 141 Å². The summed E-state index contributed by atoms with van der Waals surface area (Å²) in [6.45, 7) is 12.7. The smallest absolute Gasteiger partial charge is 0.344 e. The molecule has 3 aliphatic rings. The number of ether oxygens (including phenoxy) is 2. The molecular formula is C39H59NO9. The Morgan fingerprint density at radius 2 is 1.61 bits per heavy atom. The molecule has 1 heterocycles. The summed E-state index contributed by atoms with van der Waals surface area (Å²) in [7, 11) is 0. The highest BCUT2D eigenvalue weighted by molar-refractivity contribution is 5.95. The molecule has 3 aliphatic carbocycles. The molecule has 4 rings (SSSR count). The number of aliphatic hydroxyl groups excluding tert-OH is 2. The fraction of sp³-hybridized carbons (Fsp3) is 0.744. The second-order valence-electron chi connectivity index (χ2n) is 15.3. The first kappa shape index (κ1) is 39.0. The minimum Gasteiger partial charge on any atom is -0.461 e. The van der Waals surface area contributed by atoms with Gasteiger partial charge in [-0.1, -0.05) is 110 Å². The number of unbranched alkanes of at least 4 members (excludes halogenated alkanes) is 8. The van der Waals surface area contributed by atoms with E-state index in [-0.39, 0.29) is 17.6 Å². The van der Waals surface area contributed by atoms with E-state index in [1.165, 1.54) is 38.2 Å². The Bertz CT molecular complexity index is 1390. The highest BCUT2D eigenvalue weighted by atomic mass is 16.5. The van der Waals surface area contributed by atoms with Gasteiger partial charge < -0.3 is 29.3 Å². The first-order chi connectivity index (χ1) is 23.2. The summed E-state index contributed by atoms with van der Waals surface area (Å²) in [5, 5.41) is 39.8. The van der Waals surface area contributed by atoms with Crippen LogP contribution < -0.4 is 0 Å². The van der Waals surface area contributed by atoms with Gasteiger partial charge in [-0.2, -0.15) is 0 Å². The molecule has 1 aromatic heterocycles. The molecule has 0 amide bonds. The number of aryl methyl sites for hydroxylation is 2. The number of carbonyl (C=O) groups is 3. The third-order valence-electron chi connectivity index (χ3n) is 11.4. The van der Waals surface area contributed by atoms with Crippen molar-refractivity contribution >= 4 is 17.7 Å². The number of aliphatic hydroxyl groups is 3. The third kappa shape index (κ3) is 7.33. The van der Waals surface area contributed by atoms with Crippen LogP contribution in [-0.4, -0.2) is 68.7 Å². The van der Waals surface area contributed by atoms with Gasteiger partial charge >= 0.3 is 11.9 Å². The fourth-order valence-electron chi connectivity index (χ4n) is 8.72. The van der Waals surface area contributed by atoms with Crippen molar-refractivity contribution in [3.05, 3.63) is 40.3 Å². The monoisotopic (exact) mass is 685 g/mol. The van der Waals surface area contributed by atoms with E-state index in [2.05, 4.69) is 12.1 Å². The number of hydrogen-bond acceptors (Lipinski definition) is 10. The molecule has 0 aliphatic heterocycles. The van der Waals surface area contributed by atoms with Gasteiger partial charge in [0.25, 0.3) is 0 Å². The quantitative estimate of drug-likeness (QED) is 0.101. The lowest BCUT2D eigenvalue weighted by atomic mass is 9.59. The van der Waals surface area contributed by atoms with Crippen LogP contribution in [0.5, 0.6) is 0 Å². The van der Waals surface area contributed by atoms with Crippen LogP contribution in [0.25, 0.3) is 0 Å². The Hall–Kier alpha value is -2.82. The minimum atomic E-state index is -2.34. The summed E-state index contributed by atoms with van der Waals surface area (Å²) in [6.07, 6.45) is 10.3. The fourth-order valence-corrected chi connectivity index (χ4v) is 8.72. The van der Waals surface area contributed by atoms with Crippen LogP contribution in [0.4, 0.5) is 0 Å². The zero-order chi connectivity index (χ0) is 36.1. The number of esters is 2. The lowest BCUT2D eigenvalue weighted by molar-refractivity contribution is -0.189. The van der Waals surface area contributed by atoms with E-state index in [9.17, 15) is 29.7 Å². The van der Waals surface area contributed by atoms with Gasteiger partial charge in [-0.15, -0.1) is 0 Å². The van der Waals surface area contributed by atoms with Crippen LogP contribution in [0.15, 0.2) is 27.8 Å². The number of nitrogens with zero attached hydrogens (tertiary/aromatic N) is 1. The lowest BCUT2D eigenvalue weighted by Crippen LogP contribution is -2.65. The number of Topliss-reactive ketones (excluding diaryl/α,β-unsaturated/α-hetero) is 1. The molecule has 10 heteroatoms. The molecule has 0 aromatic carbocycles. The first-order valence-electron chi connectivity index (χ1n) is 18.6. The van der Waals surface area contributed by atoms with Crippen molar-refractivity contribution in [3.8, 4) is 0 Å². The highest BCUT2D eigenvalue weighted by Gasteiger charge is 2.72. The van der Waals surface area contributed by atoms with Crippen molar-refractivity contribution in [3.63, 3.8) is 0 Å². The molecule has 274 valence electrons. The zero-order valence-electron chi connectivity index (χ0n) is 30.7. The van der Waals surface area contributed by atoms with Crippen LogP contribution >= 0.6 is 0 Å². The maximum atomic E-state index is 14.9. The number of aromatic nitrogens is 1. The van der Waals surface area contributed by atoms with Crippen LogP contribution in [0, 0.1) is 22.7 Å². The summed E-state index contributed by atoms with van der Waals surface area (Å²) in [4.78, 5) is 41.6. The summed E-state index contributed by atoms with van der Waals surface area (Å²) >= 11 is 0. The van der Waals surface area contributed by atoms with Gasteiger partial charge in [0.2, 0.25) is 0 Å². The molecule has 1 saturated carbocycles. The molecule has 2 bridgehead atoms. The maximum absolute atomic E-state index is 14.9. The normalized spacial score (nSPS) is 30.6. The molecule has 1 spiro atoms. The van der Waals surface area contributed by atoms with Crippen molar-refractivity contribution in [2.45, 2.75) is 156 Å². The van der Waals surface area contributed by atoms with E-state index >= 15 is 0 Å². The largest absolute Gasteiger partial charge is 0.461 e. The van der Waals surface area contributed by atoms with Crippen molar-refractivity contribution in [2.24, 2.45) is 22.7 Å². The van der Waals surface area contributed by atoms with Gasteiger partial charge in [0.15, 0.2) is 11.5 Å². The topological polar surface area (TPSA) is 156 Å². The molecule has 49 heavy (non-hydrogen) atoms. The molecule has 1 aromatic rings. The second-order valence-corrected chi connectivity index (χ2v) is 15.3. The highest BCUT2D eigenvalue weighted by Crippen LogP contribution is 2.61. The molecule has 7 atom stereocenters. The van der Waals surface area contributed by atoms with Gasteiger partial charge in [0.1, 0.15) is 36.1 Å². The van der Waals surface area contributed by atoms with E-state index in [4.69, 9.17) is 14.0 Å². The Morgan fingerprint density at radius 1 is 0.980 bits per heavy atom. The minimum absolute atomic E-state index is 0.0515. The third-order valence-corrected chi connectivity index (χ3v) is 11.4. The molecule has 3 N–H and O–H groups in total. The van der Waals surface area contributed by atoms with Gasteiger partial charge in [0.05, 0.1) is 17.0 Å². The molecule has 0 unspecified atom stereocenters. The average Bonchev–Trinajstić information content (AvgIpc) is 3.55. The summed E-state index contributed by atoms with van der Waals surface area (Å²) in [6, 6.07) is 0. The zero-order valence-corrected chi connectivity index (χ0v) is 30.7. The Balaban J connectivity index is 1.62. The molecular weight excluding hydrogens is 626 g/mol. The maximum Gasteiger partial charge on any atom is 0.344 e. The van der Waals surface area contributed by atoms with Crippen molar-refractivity contribution < 1.29 is 43.7 Å². The molecule has 1 fully saturated rings. The lowest BCUT2D eigenvalue weighted by Gasteiger charge is -2.48. The average molecular weight is 686 g/mol. The Kier molecular flexibility index (Phi) is 12.7. The van der Waals surface area contributed by atoms with Crippen molar-refractivity contribution in [2.75, 3.05) is 6.61 Å². The second kappa shape index (κ2) is 16.0. The van der Waals surface area contributed by atoms with Gasteiger partial charge in [0, 0.05) is 18.3 Å². The van der Waals surface area contributed by atoms with Crippen LogP contribution in [0.2, 0.25) is 0 Å². The Morgan fingerprint density at radius 3 is 2.22 bits per heavy atom. The molecule has 0 radical (unpaired) electrons. The van der Waals surface area contributed by atoms with Crippen LogP contribution in [0.3, 0.4) is 0 Å². The van der Waals surface area contributed by atoms with Crippen molar-refractivity contribution in [1.29, 1.82) is 0 Å². The van der Waals surface area contributed by atoms with E-state index in [1.54, 1.807) is 13.0 Å². The molecule has 0 saturated heterocycles. The summed E-state index contributed by atoms with van der Waals surface area (Å²) in [5.41, 5.74) is -3.67. The number of hydrogen-bond donors (Lipinski definition) is 3.